The predicted molar refractivity (Wildman–Crippen MR) is 123 cm³/mol. The van der Waals surface area contributed by atoms with Crippen LogP contribution in [-0.4, -0.2) is 15.6 Å². The fourth-order valence-corrected chi connectivity index (χ4v) is 3.95. The number of hydrogen-bond acceptors (Lipinski definition) is 3. The van der Waals surface area contributed by atoms with E-state index in [0.717, 1.165) is 32.1 Å². The number of rotatable bonds is 6. The van der Waals surface area contributed by atoms with Gasteiger partial charge < -0.3 is 0 Å². The van der Waals surface area contributed by atoms with Crippen molar-refractivity contribution in [3.63, 3.8) is 0 Å². The fraction of sp³-hybridized carbons (Fsp3) is 0.160. The zero-order chi connectivity index (χ0) is 21.1. The lowest BCUT2D eigenvalue weighted by atomic mass is 9.99. The first-order valence-electron chi connectivity index (χ1n) is 9.80. The summed E-state index contributed by atoms with van der Waals surface area (Å²) in [5.74, 6) is -0.0476. The smallest absolute Gasteiger partial charge is 0.270 e. The van der Waals surface area contributed by atoms with Crippen LogP contribution in [0.5, 0.6) is 0 Å². The van der Waals surface area contributed by atoms with Gasteiger partial charge in [-0.15, -0.1) is 0 Å². The lowest BCUT2D eigenvalue weighted by Crippen LogP contribution is -2.30. The Hall–Kier alpha value is -3.05. The summed E-state index contributed by atoms with van der Waals surface area (Å²) in [6.45, 7) is 1.82. The van der Waals surface area contributed by atoms with Crippen LogP contribution in [-0.2, 0) is 24.2 Å². The molecular weight excluding hydrogens is 440 g/mol. The van der Waals surface area contributed by atoms with E-state index in [9.17, 15) is 9.59 Å². The van der Waals surface area contributed by atoms with Crippen LogP contribution in [0.25, 0.3) is 10.8 Å². The molecule has 0 aliphatic carbocycles. The SMILES string of the molecule is Cc1cc(Cc2cccc3ccccc23)c(=O)n(CC(=O)Cc2ccc(Br)cc2)n1. The Morgan fingerprint density at radius 1 is 0.967 bits per heavy atom. The molecule has 0 bridgehead atoms. The monoisotopic (exact) mass is 460 g/mol. The standard InChI is InChI=1S/C25H21BrN2O2/c1-17-13-21(15-20-7-4-6-19-5-2-3-8-24(19)20)25(30)28(27-17)16-23(29)14-18-9-11-22(26)12-10-18/h2-13H,14-16H2,1H3. The summed E-state index contributed by atoms with van der Waals surface area (Å²) in [6, 6.07) is 23.7. The van der Waals surface area contributed by atoms with Crippen molar-refractivity contribution in [2.45, 2.75) is 26.3 Å². The zero-order valence-electron chi connectivity index (χ0n) is 16.6. The topological polar surface area (TPSA) is 52.0 Å². The molecule has 3 aromatic carbocycles. The average Bonchev–Trinajstić information content (AvgIpc) is 2.73. The van der Waals surface area contributed by atoms with Crippen molar-refractivity contribution in [3.05, 3.63) is 110 Å². The first-order chi connectivity index (χ1) is 14.5. The van der Waals surface area contributed by atoms with Gasteiger partial charge in [0.05, 0.1) is 5.69 Å². The van der Waals surface area contributed by atoms with Crippen LogP contribution in [0.2, 0.25) is 0 Å². The van der Waals surface area contributed by atoms with Crippen LogP contribution in [0.4, 0.5) is 0 Å². The van der Waals surface area contributed by atoms with E-state index in [-0.39, 0.29) is 24.3 Å². The van der Waals surface area contributed by atoms with E-state index in [2.05, 4.69) is 39.2 Å². The average molecular weight is 461 g/mol. The number of aryl methyl sites for hydroxylation is 1. The van der Waals surface area contributed by atoms with Crippen molar-refractivity contribution >= 4 is 32.5 Å². The van der Waals surface area contributed by atoms with Gasteiger partial charge in [-0.1, -0.05) is 70.5 Å². The quantitative estimate of drug-likeness (QED) is 0.412. The molecule has 1 aromatic heterocycles. The normalized spacial score (nSPS) is 11.0. The van der Waals surface area contributed by atoms with E-state index in [0.29, 0.717) is 12.0 Å². The Morgan fingerprint density at radius 3 is 2.50 bits per heavy atom. The molecule has 0 N–H and O–H groups in total. The number of fused-ring (bicyclic) bond motifs is 1. The van der Waals surface area contributed by atoms with Gasteiger partial charge in [-0.3, -0.25) is 9.59 Å². The highest BCUT2D eigenvalue weighted by Crippen LogP contribution is 2.20. The van der Waals surface area contributed by atoms with E-state index in [4.69, 9.17) is 0 Å². The lowest BCUT2D eigenvalue weighted by Gasteiger charge is -2.10. The summed E-state index contributed by atoms with van der Waals surface area (Å²) in [4.78, 5) is 25.6. The van der Waals surface area contributed by atoms with Gasteiger partial charge in [-0.25, -0.2) is 4.68 Å². The van der Waals surface area contributed by atoms with Gasteiger partial charge in [0.15, 0.2) is 5.78 Å². The molecule has 0 unspecified atom stereocenters. The number of aromatic nitrogens is 2. The fourth-order valence-electron chi connectivity index (χ4n) is 3.68. The summed E-state index contributed by atoms with van der Waals surface area (Å²) in [5, 5.41) is 6.58. The van der Waals surface area contributed by atoms with Crippen molar-refractivity contribution in [3.8, 4) is 0 Å². The molecule has 0 saturated carbocycles. The molecule has 0 fully saturated rings. The lowest BCUT2D eigenvalue weighted by molar-refractivity contribution is -0.119. The van der Waals surface area contributed by atoms with Crippen molar-refractivity contribution in [1.82, 2.24) is 9.78 Å². The minimum Gasteiger partial charge on any atom is -0.297 e. The summed E-state index contributed by atoms with van der Waals surface area (Å²) in [7, 11) is 0. The molecule has 0 amide bonds. The third-order valence-electron chi connectivity index (χ3n) is 5.07. The van der Waals surface area contributed by atoms with Gasteiger partial charge in [0.1, 0.15) is 6.54 Å². The van der Waals surface area contributed by atoms with E-state index >= 15 is 0 Å². The van der Waals surface area contributed by atoms with Gasteiger partial charge in [0, 0.05) is 22.9 Å². The maximum Gasteiger partial charge on any atom is 0.270 e. The van der Waals surface area contributed by atoms with Crippen LogP contribution < -0.4 is 5.56 Å². The van der Waals surface area contributed by atoms with Gasteiger partial charge in [-0.05, 0) is 47.0 Å². The second kappa shape index (κ2) is 8.76. The molecule has 4 aromatic rings. The number of hydrogen-bond donors (Lipinski definition) is 0. The molecule has 0 aliphatic rings. The number of carbonyl (C=O) groups is 1. The Morgan fingerprint density at radius 2 is 1.70 bits per heavy atom. The minimum atomic E-state index is -0.210. The second-order valence-corrected chi connectivity index (χ2v) is 8.35. The Labute approximate surface area is 183 Å². The van der Waals surface area contributed by atoms with E-state index in [1.54, 1.807) is 0 Å². The number of Topliss-reactive ketones (excluding diaryl/α,β-unsaturated/α-hetero) is 1. The number of ketones is 1. The molecule has 150 valence electrons. The maximum atomic E-state index is 13.0. The number of benzene rings is 3. The highest BCUT2D eigenvalue weighted by Gasteiger charge is 2.13. The van der Waals surface area contributed by atoms with Gasteiger partial charge >= 0.3 is 0 Å². The van der Waals surface area contributed by atoms with Crippen LogP contribution in [0.3, 0.4) is 0 Å². The second-order valence-electron chi connectivity index (χ2n) is 7.43. The summed E-state index contributed by atoms with van der Waals surface area (Å²) >= 11 is 3.39. The molecule has 0 radical (unpaired) electrons. The van der Waals surface area contributed by atoms with E-state index in [1.165, 1.54) is 4.68 Å². The molecule has 0 aliphatic heterocycles. The first-order valence-corrected chi connectivity index (χ1v) is 10.6. The number of nitrogens with zero attached hydrogens (tertiary/aromatic N) is 2. The third kappa shape index (κ3) is 4.57. The van der Waals surface area contributed by atoms with Gasteiger partial charge in [0.25, 0.3) is 5.56 Å². The molecule has 5 heteroatoms. The highest BCUT2D eigenvalue weighted by atomic mass is 79.9. The van der Waals surface area contributed by atoms with Crippen LogP contribution >= 0.6 is 15.9 Å². The third-order valence-corrected chi connectivity index (χ3v) is 5.60. The molecule has 4 rings (SSSR count). The molecule has 4 nitrogen and oxygen atoms in total. The summed E-state index contributed by atoms with van der Waals surface area (Å²) in [5.41, 5.74) is 3.16. The number of halogens is 1. The molecule has 30 heavy (non-hydrogen) atoms. The van der Waals surface area contributed by atoms with Gasteiger partial charge in [-0.2, -0.15) is 5.10 Å². The van der Waals surface area contributed by atoms with E-state index in [1.807, 2.05) is 61.5 Å². The molecule has 0 saturated heterocycles. The zero-order valence-corrected chi connectivity index (χ0v) is 18.2. The Bertz CT molecular complexity index is 1270. The van der Waals surface area contributed by atoms with Crippen LogP contribution in [0.1, 0.15) is 22.4 Å². The summed E-state index contributed by atoms with van der Waals surface area (Å²) < 4.78 is 2.27. The molecule has 0 spiro atoms. The predicted octanol–water partition coefficient (Wildman–Crippen LogP) is 4.87. The van der Waals surface area contributed by atoms with E-state index < -0.39 is 0 Å². The van der Waals surface area contributed by atoms with Crippen molar-refractivity contribution < 1.29 is 4.79 Å². The van der Waals surface area contributed by atoms with Crippen molar-refractivity contribution in [2.24, 2.45) is 0 Å². The Balaban J connectivity index is 1.59. The Kier molecular flexibility index (Phi) is 5.91. The van der Waals surface area contributed by atoms with Crippen LogP contribution in [0.15, 0.2) is 82.1 Å². The van der Waals surface area contributed by atoms with Crippen molar-refractivity contribution in [2.75, 3.05) is 0 Å². The highest BCUT2D eigenvalue weighted by molar-refractivity contribution is 9.10. The minimum absolute atomic E-state index is 0.0287. The molecule has 1 heterocycles. The maximum absolute atomic E-state index is 13.0. The van der Waals surface area contributed by atoms with Gasteiger partial charge in [0.2, 0.25) is 0 Å². The molecule has 0 atom stereocenters. The van der Waals surface area contributed by atoms with Crippen molar-refractivity contribution in [1.29, 1.82) is 0 Å². The van der Waals surface area contributed by atoms with Crippen LogP contribution in [0, 0.1) is 6.92 Å². The number of carbonyl (C=O) groups excluding carboxylic acids is 1. The molecular formula is C25H21BrN2O2. The largest absolute Gasteiger partial charge is 0.297 e. The first kappa shape index (κ1) is 20.2. The summed E-state index contributed by atoms with van der Waals surface area (Å²) in [6.07, 6.45) is 0.776.